The monoisotopic (exact) mass is 405 g/mol. The summed E-state index contributed by atoms with van der Waals surface area (Å²) >= 11 is 1.40. The number of hydrogen-bond donors (Lipinski definition) is 1. The molecule has 2 aromatic rings. The highest BCUT2D eigenvalue weighted by Gasteiger charge is 2.22. The largest absolute Gasteiger partial charge is 0.383 e. The van der Waals surface area contributed by atoms with Crippen molar-refractivity contribution in [2.75, 3.05) is 32.1 Å². The lowest BCUT2D eigenvalue weighted by atomic mass is 9.92. The van der Waals surface area contributed by atoms with E-state index in [4.69, 9.17) is 4.74 Å². The van der Waals surface area contributed by atoms with E-state index in [-0.39, 0.29) is 17.2 Å². The van der Waals surface area contributed by atoms with Crippen molar-refractivity contribution in [2.45, 2.75) is 33.4 Å². The lowest BCUT2D eigenvalue weighted by molar-refractivity contribution is 0.101. The summed E-state index contributed by atoms with van der Waals surface area (Å²) in [5.41, 5.74) is 0.862. The highest BCUT2D eigenvalue weighted by Crippen LogP contribution is 2.24. The number of piperidine rings is 1. The first-order valence-corrected chi connectivity index (χ1v) is 10.4. The van der Waals surface area contributed by atoms with E-state index in [9.17, 15) is 9.59 Å². The van der Waals surface area contributed by atoms with Crippen molar-refractivity contribution < 1.29 is 9.53 Å². The van der Waals surface area contributed by atoms with Crippen molar-refractivity contribution in [3.63, 3.8) is 0 Å². The van der Waals surface area contributed by atoms with Crippen LogP contribution in [-0.4, -0.2) is 52.4 Å². The maximum Gasteiger partial charge on any atom is 0.277 e. The Hall–Kier alpha value is -2.10. The van der Waals surface area contributed by atoms with Crippen LogP contribution in [0.1, 0.15) is 36.5 Å². The molecule has 28 heavy (non-hydrogen) atoms. The van der Waals surface area contributed by atoms with Gasteiger partial charge in [0.05, 0.1) is 18.8 Å². The van der Waals surface area contributed by atoms with Gasteiger partial charge in [-0.15, -0.1) is 11.3 Å². The highest BCUT2D eigenvalue weighted by atomic mass is 32.1. The van der Waals surface area contributed by atoms with Gasteiger partial charge in [0.15, 0.2) is 5.13 Å². The average Bonchev–Trinajstić information content (AvgIpc) is 3.06. The lowest BCUT2D eigenvalue weighted by Crippen LogP contribution is -2.38. The number of nitrogens with one attached hydrogen (secondary N) is 1. The molecule has 0 aromatic carbocycles. The molecule has 1 aliphatic rings. The maximum absolute atomic E-state index is 12.5. The van der Waals surface area contributed by atoms with E-state index in [1.54, 1.807) is 7.11 Å². The van der Waals surface area contributed by atoms with Crippen LogP contribution in [0, 0.1) is 11.8 Å². The maximum atomic E-state index is 12.5. The molecule has 1 N–H and O–H groups in total. The van der Waals surface area contributed by atoms with E-state index in [2.05, 4.69) is 34.1 Å². The number of methoxy groups -OCH3 is 1. The van der Waals surface area contributed by atoms with E-state index in [0.29, 0.717) is 30.1 Å². The minimum absolute atomic E-state index is 0.172. The third-order valence-corrected chi connectivity index (χ3v) is 5.52. The van der Waals surface area contributed by atoms with Crippen LogP contribution in [0.25, 0.3) is 0 Å². The van der Waals surface area contributed by atoms with Gasteiger partial charge in [-0.05, 0) is 24.3 Å². The number of anilines is 1. The van der Waals surface area contributed by atoms with Gasteiger partial charge in [0.25, 0.3) is 11.5 Å². The molecular formula is C19H27N5O3S. The molecule has 0 radical (unpaired) electrons. The van der Waals surface area contributed by atoms with E-state index < -0.39 is 0 Å². The summed E-state index contributed by atoms with van der Waals surface area (Å²) in [4.78, 5) is 31.2. The van der Waals surface area contributed by atoms with Gasteiger partial charge in [0.1, 0.15) is 5.69 Å². The van der Waals surface area contributed by atoms with Gasteiger partial charge in [0.2, 0.25) is 0 Å². The Balaban J connectivity index is 1.61. The van der Waals surface area contributed by atoms with Gasteiger partial charge < -0.3 is 4.74 Å². The van der Waals surface area contributed by atoms with Crippen LogP contribution in [0.3, 0.4) is 0 Å². The van der Waals surface area contributed by atoms with E-state index in [0.717, 1.165) is 25.3 Å². The predicted octanol–water partition coefficient (Wildman–Crippen LogP) is 2.08. The van der Waals surface area contributed by atoms with Crippen LogP contribution < -0.4 is 10.9 Å². The Morgan fingerprint density at radius 1 is 1.32 bits per heavy atom. The topological polar surface area (TPSA) is 89.3 Å². The number of rotatable bonds is 7. The molecule has 0 saturated carbocycles. The number of thiazole rings is 1. The van der Waals surface area contributed by atoms with Gasteiger partial charge in [-0.3, -0.25) is 19.8 Å². The van der Waals surface area contributed by atoms with Gasteiger partial charge in [-0.1, -0.05) is 13.8 Å². The Kier molecular flexibility index (Phi) is 6.93. The van der Waals surface area contributed by atoms with Crippen molar-refractivity contribution in [3.8, 4) is 0 Å². The second-order valence-electron chi connectivity index (χ2n) is 7.51. The lowest BCUT2D eigenvalue weighted by Gasteiger charge is -2.34. The fourth-order valence-electron chi connectivity index (χ4n) is 3.66. The quantitative estimate of drug-likeness (QED) is 0.759. The fraction of sp³-hybridized carbons (Fsp3) is 0.579. The second-order valence-corrected chi connectivity index (χ2v) is 8.37. The first kappa shape index (κ1) is 20.6. The third-order valence-electron chi connectivity index (χ3n) is 4.71. The zero-order chi connectivity index (χ0) is 20.1. The van der Waals surface area contributed by atoms with Crippen molar-refractivity contribution in [1.82, 2.24) is 19.7 Å². The Labute approximate surface area is 168 Å². The number of aromatic nitrogens is 3. The van der Waals surface area contributed by atoms with Crippen LogP contribution in [-0.2, 0) is 17.8 Å². The van der Waals surface area contributed by atoms with Gasteiger partial charge >= 0.3 is 0 Å². The molecule has 2 aromatic heterocycles. The highest BCUT2D eigenvalue weighted by molar-refractivity contribution is 7.13. The number of nitrogens with zero attached hydrogens (tertiary/aromatic N) is 4. The number of carbonyl (C=O) groups excluding carboxylic acids is 1. The SMILES string of the molecule is COCCn1nc(C(=O)Nc2nc(CN3CC(C)CC(C)C3)cs2)ccc1=O. The average molecular weight is 406 g/mol. The molecule has 1 aliphatic heterocycles. The molecule has 0 aliphatic carbocycles. The zero-order valence-electron chi connectivity index (χ0n) is 16.6. The number of carbonyl (C=O) groups is 1. The summed E-state index contributed by atoms with van der Waals surface area (Å²) in [7, 11) is 1.55. The molecule has 1 saturated heterocycles. The predicted molar refractivity (Wildman–Crippen MR) is 109 cm³/mol. The minimum atomic E-state index is -0.382. The van der Waals surface area contributed by atoms with Crippen LogP contribution >= 0.6 is 11.3 Å². The van der Waals surface area contributed by atoms with Crippen LogP contribution in [0.4, 0.5) is 5.13 Å². The number of hydrogen-bond acceptors (Lipinski definition) is 7. The summed E-state index contributed by atoms with van der Waals surface area (Å²) in [6, 6.07) is 2.76. The Morgan fingerprint density at radius 3 is 2.79 bits per heavy atom. The van der Waals surface area contributed by atoms with Crippen LogP contribution in [0.15, 0.2) is 22.3 Å². The summed E-state index contributed by atoms with van der Waals surface area (Å²) in [6.07, 6.45) is 1.27. The number of ether oxygens (including phenoxy) is 1. The fourth-order valence-corrected chi connectivity index (χ4v) is 4.35. The molecule has 3 rings (SSSR count). The molecule has 1 amide bonds. The first-order chi connectivity index (χ1) is 13.4. The molecule has 2 atom stereocenters. The van der Waals surface area contributed by atoms with Crippen LogP contribution in [0.2, 0.25) is 0 Å². The van der Waals surface area contributed by atoms with Crippen molar-refractivity contribution in [1.29, 1.82) is 0 Å². The number of likely N-dealkylation sites (tertiary alicyclic amines) is 1. The normalized spacial score (nSPS) is 20.2. The summed E-state index contributed by atoms with van der Waals surface area (Å²) in [5, 5.41) is 9.40. The summed E-state index contributed by atoms with van der Waals surface area (Å²) in [6.45, 7) is 8.17. The van der Waals surface area contributed by atoms with E-state index in [1.165, 1.54) is 34.6 Å². The Morgan fingerprint density at radius 2 is 2.07 bits per heavy atom. The van der Waals surface area contributed by atoms with E-state index >= 15 is 0 Å². The zero-order valence-corrected chi connectivity index (χ0v) is 17.4. The molecule has 2 unspecified atom stereocenters. The van der Waals surface area contributed by atoms with Crippen molar-refractivity contribution in [2.24, 2.45) is 11.8 Å². The molecule has 9 heteroatoms. The molecule has 1 fully saturated rings. The summed E-state index contributed by atoms with van der Waals surface area (Å²) < 4.78 is 6.19. The first-order valence-electron chi connectivity index (χ1n) is 9.49. The number of amides is 1. The molecule has 3 heterocycles. The van der Waals surface area contributed by atoms with Crippen LogP contribution in [0.5, 0.6) is 0 Å². The molecule has 0 spiro atoms. The van der Waals surface area contributed by atoms with Gasteiger partial charge in [-0.2, -0.15) is 5.10 Å². The van der Waals surface area contributed by atoms with Crippen molar-refractivity contribution in [3.05, 3.63) is 39.3 Å². The molecule has 0 bridgehead atoms. The second kappa shape index (κ2) is 9.40. The standard InChI is InChI=1S/C19H27N5O3S/c1-13-8-14(2)10-23(9-13)11-15-12-28-19(20-15)21-18(26)16-4-5-17(25)24(22-16)6-7-27-3/h4-5,12-14H,6-11H2,1-3H3,(H,20,21,26). The molecule has 152 valence electrons. The van der Waals surface area contributed by atoms with Gasteiger partial charge in [0, 0.05) is 38.2 Å². The molecule has 8 nitrogen and oxygen atoms in total. The third kappa shape index (κ3) is 5.46. The smallest absolute Gasteiger partial charge is 0.277 e. The van der Waals surface area contributed by atoms with Crippen molar-refractivity contribution >= 4 is 22.4 Å². The van der Waals surface area contributed by atoms with Gasteiger partial charge in [-0.25, -0.2) is 9.67 Å². The Bertz CT molecular complexity index is 855. The minimum Gasteiger partial charge on any atom is -0.383 e. The van der Waals surface area contributed by atoms with E-state index in [1.807, 2.05) is 5.38 Å². The molecular weight excluding hydrogens is 378 g/mol. The summed E-state index contributed by atoms with van der Waals surface area (Å²) in [5.74, 6) is 1.01.